The minimum Gasteiger partial charge on any atom is -0.372 e. The summed E-state index contributed by atoms with van der Waals surface area (Å²) in [5, 5.41) is 9.68. The first-order valence-corrected chi connectivity index (χ1v) is 5.10. The van der Waals surface area contributed by atoms with Gasteiger partial charge in [-0.1, -0.05) is 11.3 Å². The van der Waals surface area contributed by atoms with Crippen LogP contribution >= 0.6 is 11.3 Å². The Hall–Kier alpha value is -0.520. The van der Waals surface area contributed by atoms with E-state index in [0.29, 0.717) is 6.61 Å². The quantitative estimate of drug-likeness (QED) is 0.801. The summed E-state index contributed by atoms with van der Waals surface area (Å²) < 4.78 is 5.39. The number of ether oxygens (including phenoxy) is 1. The van der Waals surface area contributed by atoms with Crippen molar-refractivity contribution in [1.29, 1.82) is 0 Å². The highest BCUT2D eigenvalue weighted by Crippen LogP contribution is 2.16. The van der Waals surface area contributed by atoms with Crippen LogP contribution in [0, 0.1) is 0 Å². The lowest BCUT2D eigenvalue weighted by molar-refractivity contribution is 0.0652. The van der Waals surface area contributed by atoms with E-state index in [1.165, 1.54) is 11.3 Å². The van der Waals surface area contributed by atoms with E-state index in [-0.39, 0.29) is 12.1 Å². The monoisotopic (exact) mass is 201 g/mol. The Morgan fingerprint density at radius 1 is 1.38 bits per heavy atom. The van der Waals surface area contributed by atoms with Crippen molar-refractivity contribution in [3.8, 4) is 0 Å². The second kappa shape index (κ2) is 4.64. The molecule has 1 aromatic rings. The molecule has 0 fully saturated rings. The van der Waals surface area contributed by atoms with E-state index in [9.17, 15) is 0 Å². The van der Waals surface area contributed by atoms with Crippen LogP contribution in [0.1, 0.15) is 36.8 Å². The molecule has 1 atom stereocenters. The van der Waals surface area contributed by atoms with Gasteiger partial charge < -0.3 is 10.5 Å². The number of rotatable bonds is 4. The Kier molecular flexibility index (Phi) is 3.77. The van der Waals surface area contributed by atoms with Crippen molar-refractivity contribution in [3.63, 3.8) is 0 Å². The molecule has 0 saturated heterocycles. The highest BCUT2D eigenvalue weighted by Gasteiger charge is 2.08. The number of aromatic nitrogens is 2. The Labute approximate surface area is 82.1 Å². The van der Waals surface area contributed by atoms with Crippen LogP contribution in [-0.4, -0.2) is 16.3 Å². The average molecular weight is 201 g/mol. The second-order valence-corrected chi connectivity index (χ2v) is 4.28. The normalized spacial score (nSPS) is 13.6. The first kappa shape index (κ1) is 10.6. The second-order valence-electron chi connectivity index (χ2n) is 3.18. The Balaban J connectivity index is 2.49. The number of hydrogen-bond donors (Lipinski definition) is 1. The van der Waals surface area contributed by atoms with Gasteiger partial charge in [0.1, 0.15) is 16.6 Å². The lowest BCUT2D eigenvalue weighted by Gasteiger charge is -2.03. The van der Waals surface area contributed by atoms with Gasteiger partial charge in [0.2, 0.25) is 0 Å². The van der Waals surface area contributed by atoms with E-state index in [2.05, 4.69) is 10.2 Å². The number of nitrogens with zero attached hydrogens (tertiary/aromatic N) is 2. The smallest absolute Gasteiger partial charge is 0.143 e. The zero-order valence-electron chi connectivity index (χ0n) is 8.15. The van der Waals surface area contributed by atoms with Crippen LogP contribution in [0.5, 0.6) is 0 Å². The zero-order valence-corrected chi connectivity index (χ0v) is 8.97. The molecule has 0 amide bonds. The fourth-order valence-corrected chi connectivity index (χ4v) is 1.46. The van der Waals surface area contributed by atoms with E-state index < -0.39 is 0 Å². The van der Waals surface area contributed by atoms with Gasteiger partial charge in [-0.25, -0.2) is 0 Å². The lowest BCUT2D eigenvalue weighted by Crippen LogP contribution is -2.03. The third kappa shape index (κ3) is 3.38. The Bertz CT molecular complexity index is 260. The molecule has 0 aliphatic rings. The molecule has 0 radical (unpaired) electrons. The summed E-state index contributed by atoms with van der Waals surface area (Å²) >= 11 is 1.51. The van der Waals surface area contributed by atoms with Gasteiger partial charge in [0.05, 0.1) is 12.1 Å². The average Bonchev–Trinajstić information content (AvgIpc) is 2.48. The van der Waals surface area contributed by atoms with Gasteiger partial charge in [0.25, 0.3) is 0 Å². The highest BCUT2D eigenvalue weighted by atomic mass is 32.1. The van der Waals surface area contributed by atoms with E-state index >= 15 is 0 Å². The van der Waals surface area contributed by atoms with Gasteiger partial charge >= 0.3 is 0 Å². The molecular weight excluding hydrogens is 186 g/mol. The van der Waals surface area contributed by atoms with Crippen LogP contribution in [0.3, 0.4) is 0 Å². The van der Waals surface area contributed by atoms with Crippen molar-refractivity contribution in [3.05, 3.63) is 10.0 Å². The molecule has 5 heteroatoms. The summed E-state index contributed by atoms with van der Waals surface area (Å²) in [4.78, 5) is 0. The van der Waals surface area contributed by atoms with Gasteiger partial charge in [-0.3, -0.25) is 0 Å². The van der Waals surface area contributed by atoms with Crippen molar-refractivity contribution >= 4 is 11.3 Å². The van der Waals surface area contributed by atoms with E-state index in [4.69, 9.17) is 10.5 Å². The molecule has 0 aromatic carbocycles. The molecule has 1 aromatic heterocycles. The molecule has 0 saturated carbocycles. The molecule has 4 nitrogen and oxygen atoms in total. The van der Waals surface area contributed by atoms with Gasteiger partial charge in [0, 0.05) is 0 Å². The first-order valence-electron chi connectivity index (χ1n) is 4.29. The first-order chi connectivity index (χ1) is 6.09. The topological polar surface area (TPSA) is 61.0 Å². The summed E-state index contributed by atoms with van der Waals surface area (Å²) in [6.07, 6.45) is 0.225. The lowest BCUT2D eigenvalue weighted by atomic mass is 10.4. The van der Waals surface area contributed by atoms with Gasteiger partial charge in [0.15, 0.2) is 0 Å². The molecule has 2 N–H and O–H groups in total. The van der Waals surface area contributed by atoms with Crippen molar-refractivity contribution in [1.82, 2.24) is 10.2 Å². The molecule has 0 aliphatic carbocycles. The maximum absolute atomic E-state index is 5.65. The standard InChI is InChI=1S/C8H15N3OS/c1-5(2)12-4-7-10-11-8(13-7)6(3)9/h5-6H,4,9H2,1-3H3. The van der Waals surface area contributed by atoms with Crippen molar-refractivity contribution in [2.24, 2.45) is 5.73 Å². The van der Waals surface area contributed by atoms with E-state index in [1.54, 1.807) is 0 Å². The molecule has 1 unspecified atom stereocenters. The third-order valence-electron chi connectivity index (χ3n) is 1.41. The Morgan fingerprint density at radius 2 is 2.08 bits per heavy atom. The minimum atomic E-state index is -0.0368. The SMILES string of the molecule is CC(C)OCc1nnc(C(C)N)s1. The predicted molar refractivity (Wildman–Crippen MR) is 52.4 cm³/mol. The van der Waals surface area contributed by atoms with Crippen LogP contribution in [0.15, 0.2) is 0 Å². The fraction of sp³-hybridized carbons (Fsp3) is 0.750. The summed E-state index contributed by atoms with van der Waals surface area (Å²) in [5.41, 5.74) is 5.65. The van der Waals surface area contributed by atoms with Crippen molar-refractivity contribution in [2.75, 3.05) is 0 Å². The van der Waals surface area contributed by atoms with Crippen LogP contribution in [0.2, 0.25) is 0 Å². The minimum absolute atomic E-state index is 0.0368. The molecule has 1 heterocycles. The number of nitrogens with two attached hydrogens (primary N) is 1. The molecule has 0 bridgehead atoms. The summed E-state index contributed by atoms with van der Waals surface area (Å²) in [7, 11) is 0. The largest absolute Gasteiger partial charge is 0.372 e. The maximum atomic E-state index is 5.65. The Morgan fingerprint density at radius 3 is 2.54 bits per heavy atom. The summed E-state index contributed by atoms with van der Waals surface area (Å²) in [6.45, 7) is 6.41. The molecule has 0 spiro atoms. The van der Waals surface area contributed by atoms with Crippen molar-refractivity contribution in [2.45, 2.75) is 39.5 Å². The summed E-state index contributed by atoms with van der Waals surface area (Å²) in [5.74, 6) is 0. The zero-order chi connectivity index (χ0) is 9.84. The molecule has 0 aliphatic heterocycles. The van der Waals surface area contributed by atoms with Crippen LogP contribution < -0.4 is 5.73 Å². The van der Waals surface area contributed by atoms with E-state index in [1.807, 2.05) is 20.8 Å². The van der Waals surface area contributed by atoms with Gasteiger partial charge in [-0.15, -0.1) is 10.2 Å². The van der Waals surface area contributed by atoms with Crippen LogP contribution in [0.25, 0.3) is 0 Å². The summed E-state index contributed by atoms with van der Waals surface area (Å²) in [6, 6.07) is -0.0368. The fourth-order valence-electron chi connectivity index (χ4n) is 0.747. The molecular formula is C8H15N3OS. The predicted octanol–water partition coefficient (Wildman–Crippen LogP) is 1.48. The van der Waals surface area contributed by atoms with Gasteiger partial charge in [-0.2, -0.15) is 0 Å². The van der Waals surface area contributed by atoms with Gasteiger partial charge in [-0.05, 0) is 20.8 Å². The van der Waals surface area contributed by atoms with Crippen molar-refractivity contribution < 1.29 is 4.74 Å². The molecule has 13 heavy (non-hydrogen) atoms. The highest BCUT2D eigenvalue weighted by molar-refractivity contribution is 7.11. The molecule has 74 valence electrons. The number of hydrogen-bond acceptors (Lipinski definition) is 5. The van der Waals surface area contributed by atoms with E-state index in [0.717, 1.165) is 10.0 Å². The van der Waals surface area contributed by atoms with Crippen LogP contribution in [-0.2, 0) is 11.3 Å². The third-order valence-corrected chi connectivity index (χ3v) is 2.51. The molecule has 1 rings (SSSR count). The maximum Gasteiger partial charge on any atom is 0.143 e. The van der Waals surface area contributed by atoms with Crippen LogP contribution in [0.4, 0.5) is 0 Å².